The molecule has 2 aromatic heterocycles. The van der Waals surface area contributed by atoms with Gasteiger partial charge < -0.3 is 10.6 Å². The predicted octanol–water partition coefficient (Wildman–Crippen LogP) is 1.83. The summed E-state index contributed by atoms with van der Waals surface area (Å²) < 4.78 is 1.71. The topological polar surface area (TPSA) is 71.8 Å². The van der Waals surface area contributed by atoms with Crippen LogP contribution in [0.2, 0.25) is 5.02 Å². The number of aromatic nitrogens is 3. The number of hydrogen-bond acceptors (Lipinski definition) is 4. The number of anilines is 1. The van der Waals surface area contributed by atoms with E-state index in [0.717, 1.165) is 12.2 Å². The number of amides is 1. The minimum Gasteiger partial charge on any atom is -0.370 e. The number of nitrogens with one attached hydrogen (secondary N) is 2. The number of nitrogens with zero attached hydrogens (tertiary/aromatic N) is 3. The maximum Gasteiger partial charge on any atom is 0.253 e. The van der Waals surface area contributed by atoms with Crippen LogP contribution in [0.3, 0.4) is 0 Å². The van der Waals surface area contributed by atoms with E-state index in [1.807, 2.05) is 20.0 Å². The van der Waals surface area contributed by atoms with Crippen molar-refractivity contribution >= 4 is 23.3 Å². The van der Waals surface area contributed by atoms with Crippen LogP contribution in [0.5, 0.6) is 0 Å². The Kier molecular flexibility index (Phi) is 4.57. The normalized spacial score (nSPS) is 10.3. The first-order chi connectivity index (χ1) is 9.61. The molecule has 2 N–H and O–H groups in total. The van der Waals surface area contributed by atoms with Gasteiger partial charge in [0.05, 0.1) is 22.8 Å². The molecule has 2 heterocycles. The molecule has 7 heteroatoms. The highest BCUT2D eigenvalue weighted by molar-refractivity contribution is 6.33. The first kappa shape index (κ1) is 14.3. The smallest absolute Gasteiger partial charge is 0.253 e. The SMILES string of the molecule is CCNc1cc(C(=O)NCc2ccnn2C)c(Cl)cn1. The molecule has 0 radical (unpaired) electrons. The summed E-state index contributed by atoms with van der Waals surface area (Å²) in [7, 11) is 1.82. The molecular formula is C13H16ClN5O. The average Bonchev–Trinajstić information content (AvgIpc) is 2.84. The summed E-state index contributed by atoms with van der Waals surface area (Å²) >= 11 is 6.01. The summed E-state index contributed by atoms with van der Waals surface area (Å²) in [5.41, 5.74) is 1.32. The fourth-order valence-corrected chi connectivity index (χ4v) is 1.92. The van der Waals surface area contributed by atoms with E-state index in [9.17, 15) is 4.79 Å². The van der Waals surface area contributed by atoms with Crippen LogP contribution in [0, 0.1) is 0 Å². The zero-order chi connectivity index (χ0) is 14.5. The fourth-order valence-electron chi connectivity index (χ4n) is 1.73. The predicted molar refractivity (Wildman–Crippen MR) is 77.8 cm³/mol. The molecule has 106 valence electrons. The third-order valence-corrected chi connectivity index (χ3v) is 3.11. The molecule has 0 aromatic carbocycles. The second kappa shape index (κ2) is 6.38. The van der Waals surface area contributed by atoms with Gasteiger partial charge in [0.2, 0.25) is 0 Å². The molecule has 0 aliphatic heterocycles. The first-order valence-electron chi connectivity index (χ1n) is 6.26. The van der Waals surface area contributed by atoms with E-state index < -0.39 is 0 Å². The van der Waals surface area contributed by atoms with Gasteiger partial charge in [0, 0.05) is 26.0 Å². The van der Waals surface area contributed by atoms with Crippen molar-refractivity contribution in [3.05, 3.63) is 40.8 Å². The molecular weight excluding hydrogens is 278 g/mol. The summed E-state index contributed by atoms with van der Waals surface area (Å²) in [5.74, 6) is 0.389. The molecule has 0 unspecified atom stereocenters. The van der Waals surface area contributed by atoms with Crippen molar-refractivity contribution in [3.63, 3.8) is 0 Å². The number of hydrogen-bond donors (Lipinski definition) is 2. The van der Waals surface area contributed by atoms with Crippen LogP contribution < -0.4 is 10.6 Å². The maximum atomic E-state index is 12.1. The van der Waals surface area contributed by atoms with Gasteiger partial charge in [-0.15, -0.1) is 0 Å². The molecule has 0 atom stereocenters. The average molecular weight is 294 g/mol. The van der Waals surface area contributed by atoms with E-state index in [1.54, 1.807) is 16.9 Å². The summed E-state index contributed by atoms with van der Waals surface area (Å²) in [6.45, 7) is 3.08. The van der Waals surface area contributed by atoms with Gasteiger partial charge in [0.15, 0.2) is 0 Å². The largest absolute Gasteiger partial charge is 0.370 e. The van der Waals surface area contributed by atoms with Crippen molar-refractivity contribution in [1.82, 2.24) is 20.1 Å². The second-order valence-corrected chi connectivity index (χ2v) is 4.62. The van der Waals surface area contributed by atoms with Gasteiger partial charge in [0.1, 0.15) is 5.82 Å². The van der Waals surface area contributed by atoms with Crippen LogP contribution >= 0.6 is 11.6 Å². The number of aryl methyl sites for hydroxylation is 1. The minimum absolute atomic E-state index is 0.238. The number of carbonyl (C=O) groups is 1. The quantitative estimate of drug-likeness (QED) is 0.882. The van der Waals surface area contributed by atoms with Crippen molar-refractivity contribution in [2.75, 3.05) is 11.9 Å². The Morgan fingerprint density at radius 3 is 2.95 bits per heavy atom. The van der Waals surface area contributed by atoms with Crippen LogP contribution in [0.1, 0.15) is 23.0 Å². The van der Waals surface area contributed by atoms with E-state index in [0.29, 0.717) is 22.9 Å². The van der Waals surface area contributed by atoms with Crippen LogP contribution in [0.4, 0.5) is 5.82 Å². The van der Waals surface area contributed by atoms with Gasteiger partial charge in [0.25, 0.3) is 5.91 Å². The van der Waals surface area contributed by atoms with Gasteiger partial charge in [-0.05, 0) is 19.1 Å². The first-order valence-corrected chi connectivity index (χ1v) is 6.64. The van der Waals surface area contributed by atoms with Crippen molar-refractivity contribution in [3.8, 4) is 0 Å². The Labute approximate surface area is 122 Å². The van der Waals surface area contributed by atoms with E-state index in [4.69, 9.17) is 11.6 Å². The lowest BCUT2D eigenvalue weighted by atomic mass is 10.2. The molecule has 2 aromatic rings. The lowest BCUT2D eigenvalue weighted by Gasteiger charge is -2.09. The third kappa shape index (κ3) is 3.27. The highest BCUT2D eigenvalue weighted by atomic mass is 35.5. The zero-order valence-electron chi connectivity index (χ0n) is 11.4. The zero-order valence-corrected chi connectivity index (χ0v) is 12.1. The van der Waals surface area contributed by atoms with Crippen LogP contribution in [0.25, 0.3) is 0 Å². The van der Waals surface area contributed by atoms with E-state index in [1.165, 1.54) is 6.20 Å². The van der Waals surface area contributed by atoms with Gasteiger partial charge >= 0.3 is 0 Å². The molecule has 1 amide bonds. The van der Waals surface area contributed by atoms with Crippen molar-refractivity contribution in [2.45, 2.75) is 13.5 Å². The molecule has 0 saturated carbocycles. The van der Waals surface area contributed by atoms with Crippen molar-refractivity contribution in [1.29, 1.82) is 0 Å². The van der Waals surface area contributed by atoms with Crippen molar-refractivity contribution < 1.29 is 4.79 Å². The molecule has 0 saturated heterocycles. The highest BCUT2D eigenvalue weighted by Gasteiger charge is 2.12. The van der Waals surface area contributed by atoms with Crippen LogP contribution in [-0.4, -0.2) is 27.2 Å². The van der Waals surface area contributed by atoms with Crippen LogP contribution in [-0.2, 0) is 13.6 Å². The van der Waals surface area contributed by atoms with Gasteiger partial charge in [-0.1, -0.05) is 11.6 Å². The standard InChI is InChI=1S/C13H16ClN5O/c1-3-15-12-6-10(11(14)8-16-12)13(20)17-7-9-4-5-18-19(9)2/h4-6,8H,3,7H2,1-2H3,(H,15,16)(H,17,20). The third-order valence-electron chi connectivity index (χ3n) is 2.81. The Morgan fingerprint density at radius 2 is 2.30 bits per heavy atom. The lowest BCUT2D eigenvalue weighted by Crippen LogP contribution is -2.24. The lowest BCUT2D eigenvalue weighted by molar-refractivity contribution is 0.0950. The molecule has 0 aliphatic rings. The summed E-state index contributed by atoms with van der Waals surface area (Å²) in [6, 6.07) is 3.49. The Hall–Kier alpha value is -2.08. The van der Waals surface area contributed by atoms with E-state index in [2.05, 4.69) is 20.7 Å². The Bertz CT molecular complexity index is 611. The second-order valence-electron chi connectivity index (χ2n) is 4.21. The molecule has 0 aliphatic carbocycles. The number of carbonyl (C=O) groups excluding carboxylic acids is 1. The van der Waals surface area contributed by atoms with Gasteiger partial charge in [-0.25, -0.2) is 4.98 Å². The van der Waals surface area contributed by atoms with Gasteiger partial charge in [-0.2, -0.15) is 5.10 Å². The molecule has 0 bridgehead atoms. The number of pyridine rings is 1. The maximum absolute atomic E-state index is 12.1. The van der Waals surface area contributed by atoms with Crippen molar-refractivity contribution in [2.24, 2.45) is 7.05 Å². The minimum atomic E-state index is -0.238. The van der Waals surface area contributed by atoms with Crippen LogP contribution in [0.15, 0.2) is 24.5 Å². The van der Waals surface area contributed by atoms with Gasteiger partial charge in [-0.3, -0.25) is 9.48 Å². The molecule has 0 spiro atoms. The number of rotatable bonds is 5. The summed E-state index contributed by atoms with van der Waals surface area (Å²) in [4.78, 5) is 16.2. The Morgan fingerprint density at radius 1 is 1.50 bits per heavy atom. The molecule has 6 nitrogen and oxygen atoms in total. The molecule has 2 rings (SSSR count). The molecule has 0 fully saturated rings. The highest BCUT2D eigenvalue weighted by Crippen LogP contribution is 2.18. The van der Waals surface area contributed by atoms with E-state index in [-0.39, 0.29) is 5.91 Å². The fraction of sp³-hybridized carbons (Fsp3) is 0.308. The number of halogens is 1. The Balaban J connectivity index is 2.08. The summed E-state index contributed by atoms with van der Waals surface area (Å²) in [6.07, 6.45) is 3.16. The monoisotopic (exact) mass is 293 g/mol. The molecule has 20 heavy (non-hydrogen) atoms. The summed E-state index contributed by atoms with van der Waals surface area (Å²) in [5, 5.41) is 10.2. The van der Waals surface area contributed by atoms with E-state index >= 15 is 0 Å².